The molecule has 20 heavy (non-hydrogen) atoms. The molecule has 2 nitrogen and oxygen atoms in total. The standard InChI is InChI=1S/C15H15Br2FN2/c1-20(9-11-4-2-3-5-12(11)16)13-7-6-10(8-19)14(17)15(13)18/h2-7H,8-9,19H2,1H3. The molecular formula is C15H15Br2FN2. The molecule has 0 spiro atoms. The fourth-order valence-electron chi connectivity index (χ4n) is 2.00. The molecule has 0 amide bonds. The third kappa shape index (κ3) is 3.22. The van der Waals surface area contributed by atoms with Gasteiger partial charge in [0.05, 0.1) is 10.2 Å². The highest BCUT2D eigenvalue weighted by molar-refractivity contribution is 9.10. The average molecular weight is 402 g/mol. The van der Waals surface area contributed by atoms with Gasteiger partial charge in [-0.05, 0) is 39.2 Å². The molecule has 0 aliphatic carbocycles. The highest BCUT2D eigenvalue weighted by Crippen LogP contribution is 2.30. The van der Waals surface area contributed by atoms with Gasteiger partial charge in [-0.25, -0.2) is 4.39 Å². The minimum atomic E-state index is -0.275. The zero-order valence-corrected chi connectivity index (χ0v) is 14.2. The molecule has 0 atom stereocenters. The van der Waals surface area contributed by atoms with Crippen LogP contribution in [0.15, 0.2) is 45.3 Å². The molecule has 0 unspecified atom stereocenters. The molecular weight excluding hydrogens is 387 g/mol. The van der Waals surface area contributed by atoms with Crippen molar-refractivity contribution in [3.05, 3.63) is 62.3 Å². The Kier molecular flexibility index (Phi) is 5.18. The molecule has 2 rings (SSSR count). The van der Waals surface area contributed by atoms with Gasteiger partial charge in [0.25, 0.3) is 0 Å². The maximum atomic E-state index is 14.3. The van der Waals surface area contributed by atoms with E-state index in [1.165, 1.54) is 0 Å². The Morgan fingerprint density at radius 3 is 2.45 bits per heavy atom. The lowest BCUT2D eigenvalue weighted by molar-refractivity contribution is 0.613. The number of halogens is 3. The van der Waals surface area contributed by atoms with Gasteiger partial charge in [0.2, 0.25) is 0 Å². The molecule has 106 valence electrons. The zero-order chi connectivity index (χ0) is 14.7. The smallest absolute Gasteiger partial charge is 0.160 e. The summed E-state index contributed by atoms with van der Waals surface area (Å²) in [5.74, 6) is -0.275. The molecule has 2 N–H and O–H groups in total. The molecule has 0 fully saturated rings. The first-order chi connectivity index (χ1) is 9.54. The van der Waals surface area contributed by atoms with Crippen LogP contribution in [0.25, 0.3) is 0 Å². The van der Waals surface area contributed by atoms with E-state index in [2.05, 4.69) is 31.9 Å². The van der Waals surface area contributed by atoms with Crippen molar-refractivity contribution in [3.8, 4) is 0 Å². The second-order valence-electron chi connectivity index (χ2n) is 4.52. The van der Waals surface area contributed by atoms with Crippen LogP contribution >= 0.6 is 31.9 Å². The Balaban J connectivity index is 2.28. The van der Waals surface area contributed by atoms with Gasteiger partial charge in [-0.15, -0.1) is 0 Å². The van der Waals surface area contributed by atoms with Crippen molar-refractivity contribution in [2.24, 2.45) is 5.73 Å². The summed E-state index contributed by atoms with van der Waals surface area (Å²) in [7, 11) is 1.87. The summed E-state index contributed by atoms with van der Waals surface area (Å²) in [5, 5.41) is 0. The van der Waals surface area contributed by atoms with E-state index in [0.29, 0.717) is 23.2 Å². The molecule has 5 heteroatoms. The number of hydrogen-bond donors (Lipinski definition) is 1. The Morgan fingerprint density at radius 1 is 1.10 bits per heavy atom. The predicted molar refractivity (Wildman–Crippen MR) is 88.2 cm³/mol. The van der Waals surface area contributed by atoms with Gasteiger partial charge < -0.3 is 10.6 Å². The van der Waals surface area contributed by atoms with Gasteiger partial charge in [-0.3, -0.25) is 0 Å². The SMILES string of the molecule is CN(Cc1ccccc1Br)c1ccc(CN)c(Br)c1F. The molecule has 2 aromatic rings. The Morgan fingerprint density at radius 2 is 1.80 bits per heavy atom. The van der Waals surface area contributed by atoms with E-state index in [0.717, 1.165) is 15.6 Å². The number of hydrogen-bond acceptors (Lipinski definition) is 2. The maximum Gasteiger partial charge on any atom is 0.160 e. The van der Waals surface area contributed by atoms with Crippen LogP contribution in [-0.2, 0) is 13.1 Å². The number of nitrogens with zero attached hydrogens (tertiary/aromatic N) is 1. The summed E-state index contributed by atoms with van der Waals surface area (Å²) < 4.78 is 15.8. The molecule has 2 aromatic carbocycles. The predicted octanol–water partition coefficient (Wildman–Crippen LogP) is 4.45. The number of benzene rings is 2. The summed E-state index contributed by atoms with van der Waals surface area (Å²) in [6, 6.07) is 11.5. The third-order valence-electron chi connectivity index (χ3n) is 3.14. The number of rotatable bonds is 4. The van der Waals surface area contributed by atoms with E-state index in [4.69, 9.17) is 5.73 Å². The molecule has 0 radical (unpaired) electrons. The summed E-state index contributed by atoms with van der Waals surface area (Å²) in [4.78, 5) is 1.88. The molecule has 0 saturated heterocycles. The molecule has 0 heterocycles. The highest BCUT2D eigenvalue weighted by Gasteiger charge is 2.14. The van der Waals surface area contributed by atoms with E-state index in [9.17, 15) is 4.39 Å². The summed E-state index contributed by atoms with van der Waals surface area (Å²) >= 11 is 6.78. The lowest BCUT2D eigenvalue weighted by Gasteiger charge is -2.22. The van der Waals surface area contributed by atoms with Gasteiger partial charge in [-0.1, -0.05) is 40.2 Å². The van der Waals surface area contributed by atoms with E-state index in [1.807, 2.05) is 42.3 Å². The second-order valence-corrected chi connectivity index (χ2v) is 6.17. The topological polar surface area (TPSA) is 29.3 Å². The third-order valence-corrected chi connectivity index (χ3v) is 4.77. The van der Waals surface area contributed by atoms with Gasteiger partial charge in [0.15, 0.2) is 5.82 Å². The Labute approximate surface area is 135 Å². The fraction of sp³-hybridized carbons (Fsp3) is 0.200. The summed E-state index contributed by atoms with van der Waals surface area (Å²) in [6.45, 7) is 0.929. The molecule has 0 aliphatic rings. The van der Waals surface area contributed by atoms with Crippen molar-refractivity contribution in [2.45, 2.75) is 13.1 Å². The van der Waals surface area contributed by atoms with Crippen molar-refractivity contribution in [2.75, 3.05) is 11.9 Å². The Hall–Kier alpha value is -0.910. The molecule has 0 saturated carbocycles. The van der Waals surface area contributed by atoms with Crippen LogP contribution in [0.2, 0.25) is 0 Å². The highest BCUT2D eigenvalue weighted by atomic mass is 79.9. The van der Waals surface area contributed by atoms with E-state index in [1.54, 1.807) is 6.07 Å². The van der Waals surface area contributed by atoms with Crippen LogP contribution in [0.1, 0.15) is 11.1 Å². The van der Waals surface area contributed by atoms with E-state index >= 15 is 0 Å². The maximum absolute atomic E-state index is 14.3. The van der Waals surface area contributed by atoms with Crippen LogP contribution in [0.5, 0.6) is 0 Å². The quantitative estimate of drug-likeness (QED) is 0.820. The summed E-state index contributed by atoms with van der Waals surface area (Å²) in [6.07, 6.45) is 0. The van der Waals surface area contributed by atoms with Crippen molar-refractivity contribution in [1.29, 1.82) is 0 Å². The fourth-order valence-corrected chi connectivity index (χ4v) is 2.91. The van der Waals surface area contributed by atoms with Crippen LogP contribution in [0, 0.1) is 5.82 Å². The summed E-state index contributed by atoms with van der Waals surface area (Å²) in [5.41, 5.74) is 7.99. The van der Waals surface area contributed by atoms with E-state index < -0.39 is 0 Å². The van der Waals surface area contributed by atoms with Crippen LogP contribution in [0.3, 0.4) is 0 Å². The van der Waals surface area contributed by atoms with Crippen molar-refractivity contribution in [1.82, 2.24) is 0 Å². The van der Waals surface area contributed by atoms with Gasteiger partial charge in [-0.2, -0.15) is 0 Å². The second kappa shape index (κ2) is 6.70. The minimum Gasteiger partial charge on any atom is -0.368 e. The van der Waals surface area contributed by atoms with Gasteiger partial charge in [0.1, 0.15) is 0 Å². The largest absolute Gasteiger partial charge is 0.368 e. The molecule has 0 aliphatic heterocycles. The van der Waals surface area contributed by atoms with Crippen molar-refractivity contribution in [3.63, 3.8) is 0 Å². The number of nitrogens with two attached hydrogens (primary N) is 1. The monoisotopic (exact) mass is 400 g/mol. The van der Waals surface area contributed by atoms with Crippen LogP contribution in [0.4, 0.5) is 10.1 Å². The zero-order valence-electron chi connectivity index (χ0n) is 11.0. The van der Waals surface area contributed by atoms with Crippen molar-refractivity contribution >= 4 is 37.5 Å². The average Bonchev–Trinajstić information content (AvgIpc) is 2.44. The lowest BCUT2D eigenvalue weighted by atomic mass is 10.1. The lowest BCUT2D eigenvalue weighted by Crippen LogP contribution is -2.18. The first-order valence-electron chi connectivity index (χ1n) is 6.16. The van der Waals surface area contributed by atoms with Gasteiger partial charge >= 0.3 is 0 Å². The first kappa shape index (κ1) is 15.5. The van der Waals surface area contributed by atoms with E-state index in [-0.39, 0.29) is 5.82 Å². The normalized spacial score (nSPS) is 10.7. The molecule has 0 bridgehead atoms. The Bertz CT molecular complexity index is 617. The van der Waals surface area contributed by atoms with Gasteiger partial charge in [0, 0.05) is 24.6 Å². The van der Waals surface area contributed by atoms with Crippen molar-refractivity contribution < 1.29 is 4.39 Å². The number of anilines is 1. The van der Waals surface area contributed by atoms with Crippen LogP contribution < -0.4 is 10.6 Å². The first-order valence-corrected chi connectivity index (χ1v) is 7.74. The van der Waals surface area contributed by atoms with Crippen LogP contribution in [-0.4, -0.2) is 7.05 Å². The molecule has 0 aromatic heterocycles. The minimum absolute atomic E-state index is 0.275.